The molecule has 0 radical (unpaired) electrons. The molecule has 0 bridgehead atoms. The van der Waals surface area contributed by atoms with E-state index in [1.807, 2.05) is 37.3 Å². The molecule has 2 aromatic carbocycles. The second kappa shape index (κ2) is 7.36. The van der Waals surface area contributed by atoms with Gasteiger partial charge in [-0.2, -0.15) is 0 Å². The normalized spacial score (nSPS) is 12.2. The first-order valence-electron chi connectivity index (χ1n) is 6.68. The quantitative estimate of drug-likeness (QED) is 0.822. The van der Waals surface area contributed by atoms with Crippen molar-refractivity contribution < 1.29 is 9.84 Å². The first-order chi connectivity index (χ1) is 9.69. The van der Waals surface area contributed by atoms with Crippen LogP contribution in [0.2, 0.25) is 0 Å². The molecule has 106 valence electrons. The van der Waals surface area contributed by atoms with Gasteiger partial charge in [-0.1, -0.05) is 35.9 Å². The van der Waals surface area contributed by atoms with Gasteiger partial charge in [-0.25, -0.2) is 0 Å². The molecular formula is C17H20O2S. The van der Waals surface area contributed by atoms with E-state index in [1.54, 1.807) is 18.9 Å². The highest BCUT2D eigenvalue weighted by Crippen LogP contribution is 2.24. The smallest absolute Gasteiger partial charge is 0.122 e. The van der Waals surface area contributed by atoms with Crippen LogP contribution in [0.3, 0.4) is 0 Å². The van der Waals surface area contributed by atoms with Crippen molar-refractivity contribution in [3.63, 3.8) is 0 Å². The molecular weight excluding hydrogens is 268 g/mol. The third-order valence-corrected chi connectivity index (χ3v) is 4.23. The number of aryl methyl sites for hydroxylation is 1. The van der Waals surface area contributed by atoms with Crippen molar-refractivity contribution >= 4 is 11.8 Å². The molecule has 0 saturated heterocycles. The van der Waals surface area contributed by atoms with Crippen LogP contribution in [0.15, 0.2) is 53.4 Å². The number of hydrogen-bond acceptors (Lipinski definition) is 3. The number of rotatable bonds is 6. The van der Waals surface area contributed by atoms with Gasteiger partial charge in [-0.05, 0) is 30.7 Å². The predicted molar refractivity (Wildman–Crippen MR) is 84.6 cm³/mol. The van der Waals surface area contributed by atoms with Crippen LogP contribution in [0.25, 0.3) is 0 Å². The van der Waals surface area contributed by atoms with Gasteiger partial charge in [0, 0.05) is 17.1 Å². The Morgan fingerprint density at radius 2 is 1.90 bits per heavy atom. The molecule has 1 atom stereocenters. The Morgan fingerprint density at radius 3 is 2.60 bits per heavy atom. The summed E-state index contributed by atoms with van der Waals surface area (Å²) in [4.78, 5) is 1.18. The minimum atomic E-state index is -0.379. The molecule has 3 heteroatoms. The molecule has 0 amide bonds. The maximum atomic E-state index is 10.2. The summed E-state index contributed by atoms with van der Waals surface area (Å²) in [6.07, 6.45) is 0.237. The van der Waals surface area contributed by atoms with Gasteiger partial charge in [0.25, 0.3) is 0 Å². The highest BCUT2D eigenvalue weighted by Gasteiger charge is 2.10. The first-order valence-corrected chi connectivity index (χ1v) is 7.67. The van der Waals surface area contributed by atoms with Crippen molar-refractivity contribution in [2.24, 2.45) is 0 Å². The Hall–Kier alpha value is -1.45. The average molecular weight is 288 g/mol. The van der Waals surface area contributed by atoms with E-state index >= 15 is 0 Å². The second-order valence-corrected chi connectivity index (χ2v) is 5.89. The third kappa shape index (κ3) is 4.29. The Labute approximate surface area is 124 Å². The predicted octanol–water partition coefficient (Wildman–Crippen LogP) is 3.70. The van der Waals surface area contributed by atoms with Crippen molar-refractivity contribution in [2.75, 3.05) is 12.9 Å². The number of hydrogen-bond donors (Lipinski definition) is 1. The van der Waals surface area contributed by atoms with Gasteiger partial charge in [0.15, 0.2) is 0 Å². The summed E-state index contributed by atoms with van der Waals surface area (Å²) in [5.41, 5.74) is 2.25. The minimum Gasteiger partial charge on any atom is -0.496 e. The molecule has 0 heterocycles. The van der Waals surface area contributed by atoms with Crippen molar-refractivity contribution in [1.82, 2.24) is 0 Å². The van der Waals surface area contributed by atoms with E-state index in [2.05, 4.69) is 18.2 Å². The van der Waals surface area contributed by atoms with Crippen LogP contribution in [0.4, 0.5) is 0 Å². The molecule has 20 heavy (non-hydrogen) atoms. The summed E-state index contributed by atoms with van der Waals surface area (Å²) in [5.74, 6) is 1.53. The molecule has 0 aliphatic carbocycles. The summed E-state index contributed by atoms with van der Waals surface area (Å²) in [6, 6.07) is 16.2. The van der Waals surface area contributed by atoms with E-state index in [4.69, 9.17) is 4.74 Å². The number of ether oxygens (including phenoxy) is 1. The lowest BCUT2D eigenvalue weighted by molar-refractivity contribution is 0.198. The Bertz CT molecular complexity index is 540. The Morgan fingerprint density at radius 1 is 1.15 bits per heavy atom. The molecule has 2 rings (SSSR count). The summed E-state index contributed by atoms with van der Waals surface area (Å²) < 4.78 is 5.35. The summed E-state index contributed by atoms with van der Waals surface area (Å²) in [6.45, 7) is 2.05. The van der Waals surface area contributed by atoms with E-state index in [-0.39, 0.29) is 6.10 Å². The van der Waals surface area contributed by atoms with Crippen LogP contribution >= 0.6 is 11.8 Å². The average Bonchev–Trinajstić information content (AvgIpc) is 2.46. The van der Waals surface area contributed by atoms with Gasteiger partial charge in [0.1, 0.15) is 5.75 Å². The molecule has 0 aliphatic heterocycles. The molecule has 2 nitrogen and oxygen atoms in total. The monoisotopic (exact) mass is 288 g/mol. The molecule has 1 N–H and O–H groups in total. The van der Waals surface area contributed by atoms with E-state index in [0.717, 1.165) is 11.3 Å². The fraction of sp³-hybridized carbons (Fsp3) is 0.294. The molecule has 1 unspecified atom stereocenters. The largest absolute Gasteiger partial charge is 0.496 e. The number of thioether (sulfide) groups is 1. The highest BCUT2D eigenvalue weighted by atomic mass is 32.2. The van der Waals surface area contributed by atoms with Crippen LogP contribution in [0.5, 0.6) is 5.75 Å². The van der Waals surface area contributed by atoms with Crippen LogP contribution in [-0.2, 0) is 6.42 Å². The zero-order valence-electron chi connectivity index (χ0n) is 11.9. The van der Waals surface area contributed by atoms with Crippen molar-refractivity contribution in [2.45, 2.75) is 24.3 Å². The van der Waals surface area contributed by atoms with Crippen LogP contribution < -0.4 is 4.74 Å². The fourth-order valence-electron chi connectivity index (χ4n) is 2.09. The number of aliphatic hydroxyl groups excluding tert-OH is 1. The molecule has 0 fully saturated rings. The van der Waals surface area contributed by atoms with Gasteiger partial charge in [0.2, 0.25) is 0 Å². The lowest BCUT2D eigenvalue weighted by Gasteiger charge is -2.14. The minimum absolute atomic E-state index is 0.379. The lowest BCUT2D eigenvalue weighted by Crippen LogP contribution is -2.14. The van der Waals surface area contributed by atoms with Gasteiger partial charge < -0.3 is 9.84 Å². The highest BCUT2D eigenvalue weighted by molar-refractivity contribution is 7.99. The zero-order chi connectivity index (χ0) is 14.4. The summed E-state index contributed by atoms with van der Waals surface area (Å²) in [7, 11) is 1.67. The maximum absolute atomic E-state index is 10.2. The number of methoxy groups -OCH3 is 1. The molecule has 0 spiro atoms. The van der Waals surface area contributed by atoms with Crippen LogP contribution in [0.1, 0.15) is 11.1 Å². The Kier molecular flexibility index (Phi) is 5.50. The van der Waals surface area contributed by atoms with E-state index < -0.39 is 0 Å². The summed E-state index contributed by atoms with van der Waals surface area (Å²) in [5, 5.41) is 10.2. The third-order valence-electron chi connectivity index (χ3n) is 3.08. The van der Waals surface area contributed by atoms with Crippen molar-refractivity contribution in [1.29, 1.82) is 0 Å². The topological polar surface area (TPSA) is 29.5 Å². The molecule has 0 aromatic heterocycles. The molecule has 0 saturated carbocycles. The van der Waals surface area contributed by atoms with Gasteiger partial charge in [-0.3, -0.25) is 0 Å². The second-order valence-electron chi connectivity index (χ2n) is 4.80. The van der Waals surface area contributed by atoms with Crippen LogP contribution in [-0.4, -0.2) is 24.1 Å². The molecule has 2 aromatic rings. The van der Waals surface area contributed by atoms with E-state index in [9.17, 15) is 5.11 Å². The van der Waals surface area contributed by atoms with Gasteiger partial charge >= 0.3 is 0 Å². The number of benzene rings is 2. The first kappa shape index (κ1) is 14.9. The SMILES string of the molecule is COc1ccc(C)cc1CC(O)CSc1ccccc1. The van der Waals surface area contributed by atoms with Crippen LogP contribution in [0, 0.1) is 6.92 Å². The standard InChI is InChI=1S/C17H20O2S/c1-13-8-9-17(19-2)14(10-13)11-15(18)12-20-16-6-4-3-5-7-16/h3-10,15,18H,11-12H2,1-2H3. The van der Waals surface area contributed by atoms with Gasteiger partial charge in [0.05, 0.1) is 13.2 Å². The number of aliphatic hydroxyl groups is 1. The van der Waals surface area contributed by atoms with E-state index in [0.29, 0.717) is 12.2 Å². The fourth-order valence-corrected chi connectivity index (χ4v) is 2.94. The molecule has 0 aliphatic rings. The zero-order valence-corrected chi connectivity index (χ0v) is 12.7. The maximum Gasteiger partial charge on any atom is 0.122 e. The Balaban J connectivity index is 1.94. The van der Waals surface area contributed by atoms with Crippen molar-refractivity contribution in [3.05, 3.63) is 59.7 Å². The van der Waals surface area contributed by atoms with E-state index in [1.165, 1.54) is 10.5 Å². The van der Waals surface area contributed by atoms with Crippen molar-refractivity contribution in [3.8, 4) is 5.75 Å². The van der Waals surface area contributed by atoms with Gasteiger partial charge in [-0.15, -0.1) is 11.8 Å². The lowest BCUT2D eigenvalue weighted by atomic mass is 10.0. The summed E-state index contributed by atoms with van der Waals surface area (Å²) >= 11 is 1.67.